The maximum atomic E-state index is 11.7. The van der Waals surface area contributed by atoms with E-state index in [1.807, 2.05) is 24.3 Å². The zero-order valence-electron chi connectivity index (χ0n) is 19.1. The van der Waals surface area contributed by atoms with Gasteiger partial charge in [-0.3, -0.25) is 4.79 Å². The summed E-state index contributed by atoms with van der Waals surface area (Å²) in [4.78, 5) is 23.4. The predicted molar refractivity (Wildman–Crippen MR) is 126 cm³/mol. The number of benzene rings is 3. The topological polar surface area (TPSA) is 72.8 Å². The summed E-state index contributed by atoms with van der Waals surface area (Å²) in [6.07, 6.45) is 4.18. The van der Waals surface area contributed by atoms with Crippen LogP contribution in [-0.4, -0.2) is 23.0 Å². The highest BCUT2D eigenvalue weighted by atomic mass is 16.5. The van der Waals surface area contributed by atoms with Crippen molar-refractivity contribution in [2.45, 2.75) is 45.6 Å². The van der Waals surface area contributed by atoms with Crippen molar-refractivity contribution in [3.8, 4) is 17.2 Å². The molecule has 0 saturated heterocycles. The highest BCUT2D eigenvalue weighted by Crippen LogP contribution is 2.70. The molecule has 0 amide bonds. The molecule has 0 spiro atoms. The Balaban J connectivity index is 1.43. The van der Waals surface area contributed by atoms with Crippen LogP contribution in [0, 0.1) is 17.3 Å². The lowest BCUT2D eigenvalue weighted by Gasteiger charge is -2.29. The van der Waals surface area contributed by atoms with Gasteiger partial charge in [-0.15, -0.1) is 0 Å². The first-order valence-electron chi connectivity index (χ1n) is 11.5. The van der Waals surface area contributed by atoms with Gasteiger partial charge in [0, 0.05) is 16.7 Å². The number of carbonyl (C=O) groups is 2. The van der Waals surface area contributed by atoms with Crippen molar-refractivity contribution >= 4 is 23.0 Å². The predicted octanol–water partition coefficient (Wildman–Crippen LogP) is 6.74. The molecule has 0 bridgehead atoms. The molecule has 2 aliphatic carbocycles. The normalized spacial score (nSPS) is 25.2. The Kier molecular flexibility index (Phi) is 4.96. The molecule has 5 rings (SSSR count). The molecule has 0 heterocycles. The lowest BCUT2D eigenvalue weighted by atomic mass is 9.88. The second kappa shape index (κ2) is 7.62. The van der Waals surface area contributed by atoms with E-state index in [0.29, 0.717) is 40.4 Å². The molecule has 2 fully saturated rings. The zero-order valence-corrected chi connectivity index (χ0v) is 19.1. The molecule has 33 heavy (non-hydrogen) atoms. The first-order chi connectivity index (χ1) is 15.8. The summed E-state index contributed by atoms with van der Waals surface area (Å²) in [5.41, 5.74) is 0.354. The fourth-order valence-corrected chi connectivity index (χ4v) is 5.89. The van der Waals surface area contributed by atoms with Crippen molar-refractivity contribution in [3.63, 3.8) is 0 Å². The van der Waals surface area contributed by atoms with Crippen LogP contribution in [0.4, 0.5) is 0 Å². The minimum absolute atomic E-state index is 0.0753. The fourth-order valence-electron chi connectivity index (χ4n) is 5.89. The lowest BCUT2D eigenvalue weighted by Crippen LogP contribution is -2.30. The Morgan fingerprint density at radius 2 is 1.70 bits per heavy atom. The average Bonchev–Trinajstić information content (AvgIpc) is 3.27. The molecule has 5 heteroatoms. The molecule has 0 aromatic heterocycles. The first kappa shape index (κ1) is 21.5. The van der Waals surface area contributed by atoms with Gasteiger partial charge in [0.1, 0.15) is 22.8 Å². The van der Waals surface area contributed by atoms with Crippen LogP contribution in [0.2, 0.25) is 0 Å². The van der Waals surface area contributed by atoms with E-state index in [9.17, 15) is 14.7 Å². The average molecular weight is 445 g/mol. The highest BCUT2D eigenvalue weighted by Gasteiger charge is 2.74. The monoisotopic (exact) mass is 444 g/mol. The largest absolute Gasteiger partial charge is 0.486 e. The molecular formula is C28H28O5. The Morgan fingerprint density at radius 1 is 1.03 bits per heavy atom. The smallest absolute Gasteiger partial charge is 0.336 e. The van der Waals surface area contributed by atoms with E-state index in [-0.39, 0.29) is 22.1 Å². The van der Waals surface area contributed by atoms with Gasteiger partial charge in [0.05, 0.1) is 11.1 Å². The number of hydrogen-bond donors (Lipinski definition) is 1. The summed E-state index contributed by atoms with van der Waals surface area (Å²) in [7, 11) is 0. The minimum atomic E-state index is -1.08. The van der Waals surface area contributed by atoms with Crippen LogP contribution in [0.25, 0.3) is 10.8 Å². The molecule has 170 valence electrons. The number of carbonyl (C=O) groups excluding carboxylic acids is 1. The van der Waals surface area contributed by atoms with Gasteiger partial charge < -0.3 is 14.6 Å². The third-order valence-corrected chi connectivity index (χ3v) is 7.77. The van der Waals surface area contributed by atoms with Crippen LogP contribution >= 0.6 is 0 Å². The Labute approximate surface area is 193 Å². The van der Waals surface area contributed by atoms with Crippen molar-refractivity contribution in [2.75, 3.05) is 0 Å². The summed E-state index contributed by atoms with van der Waals surface area (Å²) < 4.78 is 12.7. The summed E-state index contributed by atoms with van der Waals surface area (Å²) in [6.45, 7) is 6.91. The fraction of sp³-hybridized carbons (Fsp3) is 0.357. The van der Waals surface area contributed by atoms with E-state index in [1.54, 1.807) is 24.3 Å². The standard InChI is InChI=1S/C28H28O5/c1-17-8-13-24-27(2,3)28(24,15-17)33-20-11-9-19(10-12-20)32-25-18(16-29)14-23(26(30)31)21-6-4-5-7-22(21)25/h4-7,9-12,14,16-17,24H,8,13,15H2,1-3H3,(H,30,31). The van der Waals surface area contributed by atoms with Crippen LogP contribution in [-0.2, 0) is 0 Å². The van der Waals surface area contributed by atoms with Gasteiger partial charge >= 0.3 is 5.97 Å². The van der Waals surface area contributed by atoms with Crippen LogP contribution in [0.3, 0.4) is 0 Å². The van der Waals surface area contributed by atoms with E-state index in [4.69, 9.17) is 9.47 Å². The van der Waals surface area contributed by atoms with Crippen LogP contribution in [0.15, 0.2) is 54.6 Å². The number of ether oxygens (including phenoxy) is 2. The van der Waals surface area contributed by atoms with E-state index in [0.717, 1.165) is 12.2 Å². The molecular weight excluding hydrogens is 416 g/mol. The van der Waals surface area contributed by atoms with E-state index in [1.165, 1.54) is 18.9 Å². The van der Waals surface area contributed by atoms with E-state index < -0.39 is 5.97 Å². The Morgan fingerprint density at radius 3 is 2.36 bits per heavy atom. The maximum Gasteiger partial charge on any atom is 0.336 e. The molecule has 3 aromatic rings. The SMILES string of the molecule is CC1CCC2C(C)(C)C2(Oc2ccc(Oc3c(C=O)cc(C(=O)O)c4ccccc34)cc2)C1. The number of aromatic carboxylic acids is 1. The minimum Gasteiger partial charge on any atom is -0.486 e. The number of fused-ring (bicyclic) bond motifs is 2. The van der Waals surface area contributed by atoms with Crippen molar-refractivity contribution in [1.29, 1.82) is 0 Å². The molecule has 3 unspecified atom stereocenters. The third-order valence-electron chi connectivity index (χ3n) is 7.77. The van der Waals surface area contributed by atoms with Crippen molar-refractivity contribution in [1.82, 2.24) is 0 Å². The molecule has 2 aliphatic rings. The number of hydrogen-bond acceptors (Lipinski definition) is 4. The molecule has 2 saturated carbocycles. The Bertz CT molecular complexity index is 1240. The third kappa shape index (κ3) is 3.38. The van der Waals surface area contributed by atoms with Crippen molar-refractivity contribution in [3.05, 3.63) is 65.7 Å². The van der Waals surface area contributed by atoms with Gasteiger partial charge in [0.15, 0.2) is 6.29 Å². The first-order valence-corrected chi connectivity index (χ1v) is 11.5. The van der Waals surface area contributed by atoms with Crippen LogP contribution in [0.1, 0.15) is 60.7 Å². The van der Waals surface area contributed by atoms with Gasteiger partial charge in [-0.05, 0) is 54.5 Å². The molecule has 0 radical (unpaired) electrons. The summed E-state index contributed by atoms with van der Waals surface area (Å²) in [5.74, 6) is 1.89. The molecule has 3 atom stereocenters. The van der Waals surface area contributed by atoms with Gasteiger partial charge in [0.25, 0.3) is 0 Å². The quantitative estimate of drug-likeness (QED) is 0.426. The molecule has 3 aromatic carbocycles. The van der Waals surface area contributed by atoms with Crippen LogP contribution < -0.4 is 9.47 Å². The van der Waals surface area contributed by atoms with Crippen LogP contribution in [0.5, 0.6) is 17.2 Å². The van der Waals surface area contributed by atoms with E-state index in [2.05, 4.69) is 20.8 Å². The van der Waals surface area contributed by atoms with Gasteiger partial charge in [-0.25, -0.2) is 4.79 Å². The summed E-state index contributed by atoms with van der Waals surface area (Å²) in [6, 6.07) is 15.9. The van der Waals surface area contributed by atoms with Gasteiger partial charge in [-0.2, -0.15) is 0 Å². The number of carboxylic acid groups (broad SMARTS) is 1. The highest BCUT2D eigenvalue weighted by molar-refractivity contribution is 6.09. The Hall–Kier alpha value is -3.34. The summed E-state index contributed by atoms with van der Waals surface area (Å²) in [5, 5.41) is 10.7. The number of rotatable bonds is 6. The van der Waals surface area contributed by atoms with E-state index >= 15 is 0 Å². The molecule has 0 aliphatic heterocycles. The number of aldehydes is 1. The van der Waals surface area contributed by atoms with Crippen molar-refractivity contribution < 1.29 is 24.2 Å². The lowest BCUT2D eigenvalue weighted by molar-refractivity contribution is 0.0699. The van der Waals surface area contributed by atoms with Crippen molar-refractivity contribution in [2.24, 2.45) is 17.3 Å². The second-order valence-corrected chi connectivity index (χ2v) is 10.0. The van der Waals surface area contributed by atoms with Gasteiger partial charge in [-0.1, -0.05) is 51.5 Å². The number of carboxylic acids is 1. The maximum absolute atomic E-state index is 11.7. The summed E-state index contributed by atoms with van der Waals surface area (Å²) >= 11 is 0. The molecule has 1 N–H and O–H groups in total. The van der Waals surface area contributed by atoms with Gasteiger partial charge in [0.2, 0.25) is 0 Å². The molecule has 5 nitrogen and oxygen atoms in total. The second-order valence-electron chi connectivity index (χ2n) is 10.0. The zero-order chi connectivity index (χ0) is 23.4.